The molecule has 1 heterocycles. The van der Waals surface area contributed by atoms with Crippen molar-refractivity contribution in [2.24, 2.45) is 7.05 Å². The lowest BCUT2D eigenvalue weighted by atomic mass is 9.96. The number of benzene rings is 2. The van der Waals surface area contributed by atoms with E-state index in [1.54, 1.807) is 6.07 Å². The van der Waals surface area contributed by atoms with Crippen molar-refractivity contribution in [2.75, 3.05) is 0 Å². The number of aryl methyl sites for hydroxylation is 4. The maximum atomic E-state index is 14.7. The summed E-state index contributed by atoms with van der Waals surface area (Å²) in [6, 6.07) is 11.9. The van der Waals surface area contributed by atoms with Gasteiger partial charge in [-0.25, -0.2) is 4.39 Å². The molecule has 2 heteroatoms. The fourth-order valence-electron chi connectivity index (χ4n) is 3.23. The second-order valence-corrected chi connectivity index (χ2v) is 6.16. The first-order valence-electron chi connectivity index (χ1n) is 7.56. The van der Waals surface area contributed by atoms with Crippen LogP contribution in [0.4, 0.5) is 4.39 Å². The molecular weight excluding hydrogens is 273 g/mol. The maximum absolute atomic E-state index is 14.7. The van der Waals surface area contributed by atoms with E-state index in [1.165, 1.54) is 16.7 Å². The molecule has 0 aliphatic rings. The molecule has 0 unspecified atom stereocenters. The van der Waals surface area contributed by atoms with Crippen molar-refractivity contribution < 1.29 is 8.96 Å². The Morgan fingerprint density at radius 2 is 1.64 bits per heavy atom. The lowest BCUT2D eigenvalue weighted by molar-refractivity contribution is -0.633. The monoisotopic (exact) mass is 294 g/mol. The zero-order valence-corrected chi connectivity index (χ0v) is 13.8. The Morgan fingerprint density at radius 3 is 2.36 bits per heavy atom. The van der Waals surface area contributed by atoms with Crippen LogP contribution in [0, 0.1) is 33.5 Å². The molecule has 1 aromatic heterocycles. The summed E-state index contributed by atoms with van der Waals surface area (Å²) >= 11 is 0. The fourth-order valence-corrected chi connectivity index (χ4v) is 3.23. The van der Waals surface area contributed by atoms with Crippen LogP contribution >= 0.6 is 0 Å². The molecule has 3 rings (SSSR count). The summed E-state index contributed by atoms with van der Waals surface area (Å²) in [6.07, 6.45) is 0. The van der Waals surface area contributed by atoms with Gasteiger partial charge < -0.3 is 0 Å². The normalized spacial score (nSPS) is 11.2. The molecule has 2 aromatic carbocycles. The van der Waals surface area contributed by atoms with Crippen LogP contribution in [0.15, 0.2) is 36.4 Å². The van der Waals surface area contributed by atoms with Crippen molar-refractivity contribution in [3.8, 4) is 11.3 Å². The lowest BCUT2D eigenvalue weighted by Crippen LogP contribution is -2.33. The van der Waals surface area contributed by atoms with E-state index < -0.39 is 0 Å². The highest BCUT2D eigenvalue weighted by atomic mass is 19.1. The smallest absolute Gasteiger partial charge is 0.206 e. The van der Waals surface area contributed by atoms with Crippen LogP contribution in [0.5, 0.6) is 0 Å². The molecule has 0 aliphatic heterocycles. The number of hydrogen-bond donors (Lipinski definition) is 0. The average molecular weight is 294 g/mol. The van der Waals surface area contributed by atoms with E-state index in [1.807, 2.05) is 32.2 Å². The Hall–Kier alpha value is -2.22. The Bertz CT molecular complexity index is 894. The molecule has 0 N–H and O–H groups in total. The first-order valence-corrected chi connectivity index (χ1v) is 7.56. The van der Waals surface area contributed by atoms with Gasteiger partial charge in [0.25, 0.3) is 0 Å². The second-order valence-electron chi connectivity index (χ2n) is 6.16. The van der Waals surface area contributed by atoms with Crippen LogP contribution in [-0.4, -0.2) is 0 Å². The van der Waals surface area contributed by atoms with Crippen molar-refractivity contribution in [1.82, 2.24) is 0 Å². The van der Waals surface area contributed by atoms with Gasteiger partial charge in [0.1, 0.15) is 12.9 Å². The van der Waals surface area contributed by atoms with E-state index in [2.05, 4.69) is 37.5 Å². The number of rotatable bonds is 1. The minimum Gasteiger partial charge on any atom is -0.206 e. The van der Waals surface area contributed by atoms with Crippen molar-refractivity contribution in [3.05, 3.63) is 64.5 Å². The predicted octanol–water partition coefficient (Wildman–Crippen LogP) is 4.70. The van der Waals surface area contributed by atoms with Gasteiger partial charge in [0.05, 0.1) is 5.39 Å². The zero-order chi connectivity index (χ0) is 16.0. The van der Waals surface area contributed by atoms with Crippen molar-refractivity contribution in [2.45, 2.75) is 27.7 Å². The van der Waals surface area contributed by atoms with Gasteiger partial charge in [0.2, 0.25) is 11.2 Å². The third kappa shape index (κ3) is 2.19. The third-order valence-corrected chi connectivity index (χ3v) is 4.56. The molecule has 0 atom stereocenters. The first kappa shape index (κ1) is 14.7. The number of aromatic nitrogens is 1. The standard InChI is InChI=1S/C20H21FN/c1-12-9-14(3)15(4)16(10-12)19-11-17(21)20-13(2)7-6-8-18(20)22(19)5/h6-11H,1-5H3/q+1. The molecule has 0 aliphatic carbocycles. The van der Waals surface area contributed by atoms with Gasteiger partial charge in [-0.1, -0.05) is 23.8 Å². The quantitative estimate of drug-likeness (QED) is 0.573. The molecule has 1 nitrogen and oxygen atoms in total. The van der Waals surface area contributed by atoms with Crippen LogP contribution in [0.2, 0.25) is 0 Å². The molecule has 3 aromatic rings. The Labute approximate surface area is 131 Å². The number of fused-ring (bicyclic) bond motifs is 1. The molecule has 0 radical (unpaired) electrons. The molecule has 0 amide bonds. The van der Waals surface area contributed by atoms with Crippen LogP contribution in [-0.2, 0) is 7.05 Å². The molecule has 0 spiro atoms. The molecular formula is C20H21FN+. The molecule has 0 fully saturated rings. The summed E-state index contributed by atoms with van der Waals surface area (Å²) < 4.78 is 16.8. The fraction of sp³-hybridized carbons (Fsp3) is 0.250. The summed E-state index contributed by atoms with van der Waals surface area (Å²) in [7, 11) is 2.01. The van der Waals surface area contributed by atoms with E-state index in [0.717, 1.165) is 22.3 Å². The summed E-state index contributed by atoms with van der Waals surface area (Å²) in [5, 5.41) is 0.704. The number of pyridine rings is 1. The van der Waals surface area contributed by atoms with Crippen molar-refractivity contribution >= 4 is 10.9 Å². The third-order valence-electron chi connectivity index (χ3n) is 4.56. The Kier molecular flexibility index (Phi) is 3.48. The highest BCUT2D eigenvalue weighted by Crippen LogP contribution is 2.28. The van der Waals surface area contributed by atoms with Gasteiger partial charge in [0.15, 0.2) is 0 Å². The van der Waals surface area contributed by atoms with Gasteiger partial charge in [-0.05, 0) is 50.5 Å². The molecule has 22 heavy (non-hydrogen) atoms. The SMILES string of the molecule is Cc1cc(C)c(C)c(-c2cc(F)c3c(C)cccc3[n+]2C)c1. The van der Waals surface area contributed by atoms with Crippen molar-refractivity contribution in [1.29, 1.82) is 0 Å². The minimum absolute atomic E-state index is 0.153. The van der Waals surface area contributed by atoms with Crippen LogP contribution < -0.4 is 4.57 Å². The first-order chi connectivity index (χ1) is 10.4. The van der Waals surface area contributed by atoms with Crippen LogP contribution in [0.1, 0.15) is 22.3 Å². The van der Waals surface area contributed by atoms with Gasteiger partial charge in [0, 0.05) is 17.7 Å². The van der Waals surface area contributed by atoms with E-state index in [9.17, 15) is 4.39 Å². The van der Waals surface area contributed by atoms with Crippen molar-refractivity contribution in [3.63, 3.8) is 0 Å². The number of hydrogen-bond acceptors (Lipinski definition) is 0. The topological polar surface area (TPSA) is 3.88 Å². The Morgan fingerprint density at radius 1 is 0.909 bits per heavy atom. The van der Waals surface area contributed by atoms with Crippen LogP contribution in [0.3, 0.4) is 0 Å². The highest BCUT2D eigenvalue weighted by Gasteiger charge is 2.21. The van der Waals surface area contributed by atoms with Crippen LogP contribution in [0.25, 0.3) is 22.2 Å². The highest BCUT2D eigenvalue weighted by molar-refractivity contribution is 5.82. The van der Waals surface area contributed by atoms with Gasteiger partial charge in [-0.2, -0.15) is 4.57 Å². The van der Waals surface area contributed by atoms with Gasteiger partial charge in [-0.15, -0.1) is 0 Å². The van der Waals surface area contributed by atoms with E-state index in [0.29, 0.717) is 5.39 Å². The van der Waals surface area contributed by atoms with E-state index >= 15 is 0 Å². The largest absolute Gasteiger partial charge is 0.216 e. The number of nitrogens with zero attached hydrogens (tertiary/aromatic N) is 1. The summed E-state index contributed by atoms with van der Waals surface area (Å²) in [5.74, 6) is -0.153. The molecule has 0 bridgehead atoms. The minimum atomic E-state index is -0.153. The Balaban J connectivity index is 2.41. The summed E-state index contributed by atoms with van der Waals surface area (Å²) in [4.78, 5) is 0. The second kappa shape index (κ2) is 5.20. The van der Waals surface area contributed by atoms with Gasteiger partial charge >= 0.3 is 0 Å². The summed E-state index contributed by atoms with van der Waals surface area (Å²) in [6.45, 7) is 8.24. The number of halogens is 1. The molecule has 0 saturated carbocycles. The lowest BCUT2D eigenvalue weighted by Gasteiger charge is -2.11. The molecule has 112 valence electrons. The van der Waals surface area contributed by atoms with Gasteiger partial charge in [-0.3, -0.25) is 0 Å². The predicted molar refractivity (Wildman–Crippen MR) is 89.5 cm³/mol. The zero-order valence-electron chi connectivity index (χ0n) is 13.8. The summed E-state index contributed by atoms with van der Waals surface area (Å²) in [5.41, 5.74) is 7.54. The van der Waals surface area contributed by atoms with E-state index in [4.69, 9.17) is 0 Å². The average Bonchev–Trinajstić information content (AvgIpc) is 2.46. The maximum Gasteiger partial charge on any atom is 0.216 e. The van der Waals surface area contributed by atoms with E-state index in [-0.39, 0.29) is 5.82 Å². The molecule has 0 saturated heterocycles.